The van der Waals surface area contributed by atoms with Crippen molar-refractivity contribution in [1.82, 2.24) is 4.72 Å². The van der Waals surface area contributed by atoms with Crippen LogP contribution in [0.25, 0.3) is 0 Å². The van der Waals surface area contributed by atoms with Crippen LogP contribution in [0.2, 0.25) is 0 Å². The fraction of sp³-hybridized carbons (Fsp3) is 0.333. The molecule has 1 aliphatic rings. The molecule has 1 aliphatic heterocycles. The zero-order chi connectivity index (χ0) is 18.1. The molecule has 3 rings (SSSR count). The van der Waals surface area contributed by atoms with Crippen molar-refractivity contribution < 1.29 is 21.9 Å². The summed E-state index contributed by atoms with van der Waals surface area (Å²) in [7, 11) is -3.88. The first-order chi connectivity index (χ1) is 11.8. The number of nitrogens with one attached hydrogen (secondary N) is 1. The van der Waals surface area contributed by atoms with E-state index < -0.39 is 27.2 Å². The van der Waals surface area contributed by atoms with E-state index in [2.05, 4.69) is 4.72 Å². The van der Waals surface area contributed by atoms with Crippen molar-refractivity contribution in [1.29, 1.82) is 0 Å². The van der Waals surface area contributed by atoms with Crippen LogP contribution in [0, 0.1) is 18.6 Å². The highest BCUT2D eigenvalue weighted by molar-refractivity contribution is 7.89. The predicted octanol–water partition coefficient (Wildman–Crippen LogP) is 3.26. The summed E-state index contributed by atoms with van der Waals surface area (Å²) >= 11 is 0. The number of sulfonamides is 1. The van der Waals surface area contributed by atoms with Gasteiger partial charge in [0, 0.05) is 24.8 Å². The quantitative estimate of drug-likeness (QED) is 0.903. The number of ether oxygens (including phenoxy) is 1. The average molecular weight is 367 g/mol. The molecule has 7 heteroatoms. The molecule has 0 aromatic heterocycles. The molecule has 2 aromatic rings. The molecular weight excluding hydrogens is 348 g/mol. The van der Waals surface area contributed by atoms with E-state index in [0.717, 1.165) is 17.7 Å². The summed E-state index contributed by atoms with van der Waals surface area (Å²) in [5.41, 5.74) is -0.233. The van der Waals surface area contributed by atoms with E-state index in [-0.39, 0.29) is 36.5 Å². The van der Waals surface area contributed by atoms with Gasteiger partial charge in [0.15, 0.2) is 0 Å². The van der Waals surface area contributed by atoms with Crippen molar-refractivity contribution in [2.75, 3.05) is 13.2 Å². The van der Waals surface area contributed by atoms with E-state index >= 15 is 0 Å². The van der Waals surface area contributed by atoms with Crippen molar-refractivity contribution >= 4 is 10.0 Å². The molecule has 0 unspecified atom stereocenters. The Morgan fingerprint density at radius 3 is 2.44 bits per heavy atom. The lowest BCUT2D eigenvalue weighted by Gasteiger charge is -2.38. The Kier molecular flexibility index (Phi) is 4.90. The third-order valence-corrected chi connectivity index (χ3v) is 5.96. The fourth-order valence-electron chi connectivity index (χ4n) is 3.12. The van der Waals surface area contributed by atoms with Gasteiger partial charge in [-0.15, -0.1) is 0 Å². The van der Waals surface area contributed by atoms with Crippen molar-refractivity contribution in [3.05, 3.63) is 65.2 Å². The lowest BCUT2D eigenvalue weighted by atomic mass is 9.83. The number of halogens is 2. The second-order valence-corrected chi connectivity index (χ2v) is 7.92. The van der Waals surface area contributed by atoms with E-state index in [9.17, 15) is 17.2 Å². The molecule has 0 atom stereocenters. The first kappa shape index (κ1) is 18.0. The number of aryl methyl sites for hydroxylation is 1. The van der Waals surface area contributed by atoms with Crippen LogP contribution in [0.15, 0.2) is 47.4 Å². The summed E-state index contributed by atoms with van der Waals surface area (Å²) in [5.74, 6) is -1.47. The van der Waals surface area contributed by atoms with E-state index in [0.29, 0.717) is 0 Å². The summed E-state index contributed by atoms with van der Waals surface area (Å²) < 4.78 is 61.4. The zero-order valence-electron chi connectivity index (χ0n) is 13.8. The van der Waals surface area contributed by atoms with E-state index in [1.54, 1.807) is 25.1 Å². The lowest BCUT2D eigenvalue weighted by molar-refractivity contribution is 0.0446. The largest absolute Gasteiger partial charge is 0.381 e. The summed E-state index contributed by atoms with van der Waals surface area (Å²) in [6, 6.07) is 9.69. The van der Waals surface area contributed by atoms with Crippen LogP contribution in [-0.4, -0.2) is 21.6 Å². The van der Waals surface area contributed by atoms with Gasteiger partial charge in [0.1, 0.15) is 11.6 Å². The lowest BCUT2D eigenvalue weighted by Crippen LogP contribution is -2.49. The van der Waals surface area contributed by atoms with Crippen molar-refractivity contribution in [2.45, 2.75) is 30.2 Å². The van der Waals surface area contributed by atoms with Crippen molar-refractivity contribution in [3.8, 4) is 0 Å². The molecule has 0 spiro atoms. The maximum absolute atomic E-state index is 14.4. The molecule has 1 N–H and O–H groups in total. The van der Waals surface area contributed by atoms with Gasteiger partial charge in [0.2, 0.25) is 10.0 Å². The third-order valence-electron chi connectivity index (χ3n) is 4.42. The third kappa shape index (κ3) is 3.73. The summed E-state index contributed by atoms with van der Waals surface area (Å²) in [6.45, 7) is 2.36. The van der Waals surface area contributed by atoms with Crippen LogP contribution < -0.4 is 4.72 Å². The molecule has 0 saturated carbocycles. The van der Waals surface area contributed by atoms with Gasteiger partial charge in [0.05, 0.1) is 10.4 Å². The Balaban J connectivity index is 2.04. The first-order valence-corrected chi connectivity index (χ1v) is 9.45. The minimum Gasteiger partial charge on any atom is -0.381 e. The Labute approximate surface area is 145 Å². The minimum absolute atomic E-state index is 0.112. The standard InChI is InChI=1S/C18H19F2NO3S/c1-13-3-2-4-15(11-13)25(22,23)21-18(7-9-24-10-8-18)16-6-5-14(19)12-17(16)20/h2-6,11-12,21H,7-10H2,1H3. The molecule has 1 fully saturated rings. The second-order valence-electron chi connectivity index (χ2n) is 6.24. The molecule has 0 radical (unpaired) electrons. The van der Waals surface area contributed by atoms with Gasteiger partial charge in [-0.05, 0) is 43.5 Å². The van der Waals surface area contributed by atoms with Crippen LogP contribution in [0.4, 0.5) is 8.78 Å². The molecular formula is C18H19F2NO3S. The van der Waals surface area contributed by atoms with Crippen LogP contribution in [0.1, 0.15) is 24.0 Å². The average Bonchev–Trinajstić information content (AvgIpc) is 2.55. The molecule has 4 nitrogen and oxygen atoms in total. The van der Waals surface area contributed by atoms with Crippen molar-refractivity contribution in [3.63, 3.8) is 0 Å². The van der Waals surface area contributed by atoms with E-state index in [1.165, 1.54) is 12.1 Å². The molecule has 1 saturated heterocycles. The highest BCUT2D eigenvalue weighted by Gasteiger charge is 2.40. The van der Waals surface area contributed by atoms with Gasteiger partial charge in [-0.2, -0.15) is 0 Å². The van der Waals surface area contributed by atoms with Crippen molar-refractivity contribution in [2.24, 2.45) is 0 Å². The second kappa shape index (κ2) is 6.82. The maximum Gasteiger partial charge on any atom is 0.241 e. The minimum atomic E-state index is -3.88. The van der Waals surface area contributed by atoms with E-state index in [1.807, 2.05) is 0 Å². The monoisotopic (exact) mass is 367 g/mol. The van der Waals surface area contributed by atoms with Crippen LogP contribution in [0.5, 0.6) is 0 Å². The molecule has 25 heavy (non-hydrogen) atoms. The van der Waals surface area contributed by atoms with E-state index in [4.69, 9.17) is 4.74 Å². The van der Waals surface area contributed by atoms with Gasteiger partial charge >= 0.3 is 0 Å². The maximum atomic E-state index is 14.4. The highest BCUT2D eigenvalue weighted by Crippen LogP contribution is 2.35. The molecule has 0 amide bonds. The Hall–Kier alpha value is -1.83. The number of hydrogen-bond acceptors (Lipinski definition) is 3. The Morgan fingerprint density at radius 2 is 1.80 bits per heavy atom. The van der Waals surface area contributed by atoms with Gasteiger partial charge < -0.3 is 4.74 Å². The van der Waals surface area contributed by atoms with Crippen LogP contribution >= 0.6 is 0 Å². The topological polar surface area (TPSA) is 55.4 Å². The predicted molar refractivity (Wildman–Crippen MR) is 89.6 cm³/mol. The summed E-state index contributed by atoms with van der Waals surface area (Å²) in [4.78, 5) is 0.112. The molecule has 2 aromatic carbocycles. The van der Waals surface area contributed by atoms with Gasteiger partial charge in [-0.1, -0.05) is 18.2 Å². The summed E-state index contributed by atoms with van der Waals surface area (Å²) in [5, 5.41) is 0. The van der Waals surface area contributed by atoms with Gasteiger partial charge in [0.25, 0.3) is 0 Å². The van der Waals surface area contributed by atoms with Crippen LogP contribution in [-0.2, 0) is 20.3 Å². The number of benzene rings is 2. The van der Waals surface area contributed by atoms with Gasteiger partial charge in [-0.25, -0.2) is 21.9 Å². The molecule has 134 valence electrons. The summed E-state index contributed by atoms with van der Waals surface area (Å²) in [6.07, 6.45) is 0.529. The molecule has 0 aliphatic carbocycles. The molecule has 1 heterocycles. The normalized spacial score (nSPS) is 17.4. The fourth-order valence-corrected chi connectivity index (χ4v) is 4.67. The Morgan fingerprint density at radius 1 is 1.08 bits per heavy atom. The first-order valence-electron chi connectivity index (χ1n) is 7.96. The number of rotatable bonds is 4. The highest BCUT2D eigenvalue weighted by atomic mass is 32.2. The smallest absolute Gasteiger partial charge is 0.241 e. The Bertz CT molecular complexity index is 878. The van der Waals surface area contributed by atoms with Gasteiger partial charge in [-0.3, -0.25) is 0 Å². The zero-order valence-corrected chi connectivity index (χ0v) is 14.6. The SMILES string of the molecule is Cc1cccc(S(=O)(=O)NC2(c3ccc(F)cc3F)CCOCC2)c1. The number of hydrogen-bond donors (Lipinski definition) is 1. The van der Waals surface area contributed by atoms with Crippen LogP contribution in [0.3, 0.4) is 0 Å². The molecule has 0 bridgehead atoms.